The molecule has 0 N–H and O–H groups in total. The Kier molecular flexibility index (Phi) is 4.09. The van der Waals surface area contributed by atoms with Gasteiger partial charge < -0.3 is 0 Å². The molecule has 2 nitrogen and oxygen atoms in total. The quantitative estimate of drug-likeness (QED) is 0.729. The fourth-order valence-electron chi connectivity index (χ4n) is 1.27. The molecular formula is C11H13FN2. The summed E-state index contributed by atoms with van der Waals surface area (Å²) in [6.45, 7) is 0.769. The van der Waals surface area contributed by atoms with Crippen LogP contribution in [0.15, 0.2) is 24.3 Å². The average Bonchev–Trinajstić information content (AvgIpc) is 2.18. The van der Waals surface area contributed by atoms with Crippen molar-refractivity contribution in [2.75, 3.05) is 20.3 Å². The van der Waals surface area contributed by atoms with Crippen molar-refractivity contribution >= 4 is 0 Å². The van der Waals surface area contributed by atoms with Crippen LogP contribution >= 0.6 is 0 Å². The predicted molar refractivity (Wildman–Crippen MR) is 53.5 cm³/mol. The van der Waals surface area contributed by atoms with E-state index in [1.807, 2.05) is 30.1 Å². The summed E-state index contributed by atoms with van der Waals surface area (Å²) in [4.78, 5) is 1.89. The average molecular weight is 192 g/mol. The Morgan fingerprint density at radius 3 is 2.93 bits per heavy atom. The van der Waals surface area contributed by atoms with E-state index < -0.39 is 0 Å². The lowest BCUT2D eigenvalue weighted by Crippen LogP contribution is -2.20. The van der Waals surface area contributed by atoms with Crippen LogP contribution < -0.4 is 0 Å². The molecule has 0 aliphatic heterocycles. The Bertz CT molecular complexity index is 330. The number of alkyl halides is 1. The van der Waals surface area contributed by atoms with E-state index in [1.54, 1.807) is 6.07 Å². The normalized spacial score (nSPS) is 10.1. The molecule has 0 fully saturated rings. The minimum Gasteiger partial charge on any atom is -0.300 e. The highest BCUT2D eigenvalue weighted by molar-refractivity contribution is 5.32. The molecule has 0 saturated carbocycles. The number of nitriles is 1. The summed E-state index contributed by atoms with van der Waals surface area (Å²) in [5.41, 5.74) is 1.69. The molecule has 0 aromatic heterocycles. The number of halogens is 1. The van der Waals surface area contributed by atoms with E-state index in [1.165, 1.54) is 0 Å². The topological polar surface area (TPSA) is 27.0 Å². The predicted octanol–water partition coefficient (Wildman–Crippen LogP) is 1.96. The first kappa shape index (κ1) is 10.7. The summed E-state index contributed by atoms with van der Waals surface area (Å²) in [6.07, 6.45) is 0. The zero-order valence-electron chi connectivity index (χ0n) is 8.20. The van der Waals surface area contributed by atoms with Crippen LogP contribution in [-0.4, -0.2) is 25.2 Å². The molecule has 0 radical (unpaired) electrons. The maximum Gasteiger partial charge on any atom is 0.102 e. The van der Waals surface area contributed by atoms with Gasteiger partial charge in [-0.2, -0.15) is 5.26 Å². The van der Waals surface area contributed by atoms with Crippen molar-refractivity contribution in [1.29, 1.82) is 5.26 Å². The number of nitrogens with zero attached hydrogens (tertiary/aromatic N) is 2. The maximum absolute atomic E-state index is 12.0. The smallest absolute Gasteiger partial charge is 0.102 e. The fraction of sp³-hybridized carbons (Fsp3) is 0.364. The van der Waals surface area contributed by atoms with Gasteiger partial charge >= 0.3 is 0 Å². The van der Waals surface area contributed by atoms with E-state index in [-0.39, 0.29) is 6.67 Å². The Morgan fingerprint density at radius 1 is 1.50 bits per heavy atom. The van der Waals surface area contributed by atoms with Gasteiger partial charge in [0.15, 0.2) is 0 Å². The molecule has 0 aliphatic rings. The molecule has 1 aromatic carbocycles. The summed E-state index contributed by atoms with van der Waals surface area (Å²) < 4.78 is 12.0. The Morgan fingerprint density at radius 2 is 2.29 bits per heavy atom. The third kappa shape index (κ3) is 3.15. The lowest BCUT2D eigenvalue weighted by Gasteiger charge is -2.14. The van der Waals surface area contributed by atoms with Gasteiger partial charge in [0.05, 0.1) is 11.6 Å². The molecule has 3 heteroatoms. The molecule has 74 valence electrons. The van der Waals surface area contributed by atoms with Gasteiger partial charge in [0, 0.05) is 13.1 Å². The second-order valence-electron chi connectivity index (χ2n) is 3.24. The fourth-order valence-corrected chi connectivity index (χ4v) is 1.27. The van der Waals surface area contributed by atoms with Gasteiger partial charge in [-0.3, -0.25) is 4.90 Å². The molecule has 0 aliphatic carbocycles. The van der Waals surface area contributed by atoms with Gasteiger partial charge in [-0.05, 0) is 24.7 Å². The first-order valence-corrected chi connectivity index (χ1v) is 4.50. The highest BCUT2D eigenvalue weighted by Gasteiger charge is 2.00. The molecule has 1 aromatic rings. The van der Waals surface area contributed by atoms with Crippen LogP contribution in [0.2, 0.25) is 0 Å². The van der Waals surface area contributed by atoms with Gasteiger partial charge in [0.1, 0.15) is 6.67 Å². The molecular weight excluding hydrogens is 179 g/mol. The van der Waals surface area contributed by atoms with Crippen LogP contribution in [0, 0.1) is 11.3 Å². The molecule has 14 heavy (non-hydrogen) atoms. The first-order valence-electron chi connectivity index (χ1n) is 4.50. The van der Waals surface area contributed by atoms with Crippen LogP contribution in [0.1, 0.15) is 11.1 Å². The van der Waals surface area contributed by atoms with Gasteiger partial charge in [0.25, 0.3) is 0 Å². The van der Waals surface area contributed by atoms with E-state index in [2.05, 4.69) is 6.07 Å². The minimum atomic E-state index is -0.339. The zero-order chi connectivity index (χ0) is 10.4. The van der Waals surface area contributed by atoms with Gasteiger partial charge in [-0.1, -0.05) is 12.1 Å². The SMILES string of the molecule is CN(CCF)Cc1cccc(C#N)c1. The molecule has 0 unspecified atom stereocenters. The molecule has 0 spiro atoms. The standard InChI is InChI=1S/C11H13FN2/c1-14(6-5-12)9-11-4-2-3-10(7-11)8-13/h2-4,7H,5-6,9H2,1H3. The Labute approximate surface area is 83.6 Å². The van der Waals surface area contributed by atoms with E-state index in [0.29, 0.717) is 18.7 Å². The van der Waals surface area contributed by atoms with Crippen LogP contribution in [-0.2, 0) is 6.54 Å². The molecule has 1 rings (SSSR count). The highest BCUT2D eigenvalue weighted by Crippen LogP contribution is 2.06. The molecule has 0 amide bonds. The number of rotatable bonds is 4. The van der Waals surface area contributed by atoms with Crippen molar-refractivity contribution < 1.29 is 4.39 Å². The maximum atomic E-state index is 12.0. The second kappa shape index (κ2) is 5.36. The van der Waals surface area contributed by atoms with Gasteiger partial charge in [-0.15, -0.1) is 0 Å². The van der Waals surface area contributed by atoms with E-state index in [0.717, 1.165) is 5.56 Å². The zero-order valence-corrected chi connectivity index (χ0v) is 8.20. The molecule has 0 atom stereocenters. The summed E-state index contributed by atoms with van der Waals surface area (Å²) in [5, 5.41) is 8.68. The summed E-state index contributed by atoms with van der Waals surface area (Å²) in [6, 6.07) is 9.46. The lowest BCUT2D eigenvalue weighted by molar-refractivity contribution is 0.289. The number of benzene rings is 1. The summed E-state index contributed by atoms with van der Waals surface area (Å²) in [7, 11) is 1.86. The number of hydrogen-bond acceptors (Lipinski definition) is 2. The van der Waals surface area contributed by atoms with E-state index >= 15 is 0 Å². The van der Waals surface area contributed by atoms with Crippen LogP contribution in [0.25, 0.3) is 0 Å². The summed E-state index contributed by atoms with van der Waals surface area (Å²) in [5.74, 6) is 0. The monoisotopic (exact) mass is 192 g/mol. The Balaban J connectivity index is 2.63. The van der Waals surface area contributed by atoms with E-state index in [4.69, 9.17) is 5.26 Å². The minimum absolute atomic E-state index is 0.339. The highest BCUT2D eigenvalue weighted by atomic mass is 19.1. The largest absolute Gasteiger partial charge is 0.300 e. The van der Waals surface area contributed by atoms with E-state index in [9.17, 15) is 4.39 Å². The molecule has 0 bridgehead atoms. The lowest BCUT2D eigenvalue weighted by atomic mass is 10.1. The number of hydrogen-bond donors (Lipinski definition) is 0. The van der Waals surface area contributed by atoms with Gasteiger partial charge in [-0.25, -0.2) is 4.39 Å². The molecule has 0 saturated heterocycles. The third-order valence-corrected chi connectivity index (χ3v) is 1.97. The first-order chi connectivity index (χ1) is 6.76. The van der Waals surface area contributed by atoms with Crippen molar-refractivity contribution in [3.05, 3.63) is 35.4 Å². The van der Waals surface area contributed by atoms with Crippen LogP contribution in [0.5, 0.6) is 0 Å². The van der Waals surface area contributed by atoms with Crippen LogP contribution in [0.4, 0.5) is 4.39 Å². The van der Waals surface area contributed by atoms with Crippen molar-refractivity contribution in [3.63, 3.8) is 0 Å². The van der Waals surface area contributed by atoms with Crippen molar-refractivity contribution in [2.24, 2.45) is 0 Å². The third-order valence-electron chi connectivity index (χ3n) is 1.97. The summed E-state index contributed by atoms with van der Waals surface area (Å²) >= 11 is 0. The Hall–Kier alpha value is -1.40. The van der Waals surface area contributed by atoms with Crippen molar-refractivity contribution in [3.8, 4) is 6.07 Å². The molecule has 0 heterocycles. The van der Waals surface area contributed by atoms with Gasteiger partial charge in [0.2, 0.25) is 0 Å². The van der Waals surface area contributed by atoms with Crippen molar-refractivity contribution in [1.82, 2.24) is 4.90 Å². The van der Waals surface area contributed by atoms with Crippen molar-refractivity contribution in [2.45, 2.75) is 6.54 Å². The van der Waals surface area contributed by atoms with Crippen LogP contribution in [0.3, 0.4) is 0 Å². The second-order valence-corrected chi connectivity index (χ2v) is 3.24.